The molecule has 1 aromatic carbocycles. The summed E-state index contributed by atoms with van der Waals surface area (Å²) < 4.78 is 14.2. The minimum Gasteiger partial charge on any atom is -0.396 e. The fourth-order valence-corrected chi connectivity index (χ4v) is 2.50. The number of halogens is 1. The number of rotatable bonds is 5. The van der Waals surface area contributed by atoms with E-state index in [0.29, 0.717) is 17.8 Å². The van der Waals surface area contributed by atoms with Gasteiger partial charge < -0.3 is 20.6 Å². The minimum absolute atomic E-state index is 0.0757. The van der Waals surface area contributed by atoms with Crippen LogP contribution in [0.3, 0.4) is 0 Å². The van der Waals surface area contributed by atoms with Crippen LogP contribution >= 0.6 is 0 Å². The van der Waals surface area contributed by atoms with Crippen molar-refractivity contribution in [3.63, 3.8) is 0 Å². The Hall–Kier alpha value is -2.08. The van der Waals surface area contributed by atoms with Crippen LogP contribution in [-0.2, 0) is 0 Å². The number of amides is 2. The molecule has 0 aliphatic heterocycles. The third kappa shape index (κ3) is 4.45. The van der Waals surface area contributed by atoms with Crippen molar-refractivity contribution in [3.05, 3.63) is 36.2 Å². The van der Waals surface area contributed by atoms with Crippen molar-refractivity contribution in [2.75, 3.05) is 23.9 Å². The van der Waals surface area contributed by atoms with Crippen LogP contribution in [0.5, 0.6) is 0 Å². The normalized spacial score (nSPS) is 19.9. The van der Waals surface area contributed by atoms with Gasteiger partial charge in [-0.3, -0.25) is 0 Å². The number of urea groups is 1. The molecule has 1 aromatic rings. The monoisotopic (exact) mass is 321 g/mol. The molecule has 2 rings (SSSR count). The van der Waals surface area contributed by atoms with Crippen molar-refractivity contribution >= 4 is 17.4 Å². The molecule has 0 heterocycles. The Morgan fingerprint density at radius 3 is 2.74 bits per heavy atom. The molecule has 0 spiro atoms. The molecule has 0 unspecified atom stereocenters. The molecular weight excluding hydrogens is 297 g/mol. The highest BCUT2D eigenvalue weighted by Gasteiger charge is 2.20. The van der Waals surface area contributed by atoms with E-state index < -0.39 is 0 Å². The van der Waals surface area contributed by atoms with Crippen LogP contribution in [0.2, 0.25) is 0 Å². The van der Waals surface area contributed by atoms with Crippen LogP contribution in [-0.4, -0.2) is 36.9 Å². The second-order valence-corrected chi connectivity index (χ2v) is 6.14. The molecule has 6 heteroatoms. The highest BCUT2D eigenvalue weighted by atomic mass is 19.1. The Balaban J connectivity index is 1.94. The lowest BCUT2D eigenvalue weighted by atomic mass is 10.1. The molecule has 3 N–H and O–H groups in total. The van der Waals surface area contributed by atoms with E-state index in [0.717, 1.165) is 0 Å². The van der Waals surface area contributed by atoms with Crippen LogP contribution in [0.25, 0.3) is 0 Å². The summed E-state index contributed by atoms with van der Waals surface area (Å²) >= 11 is 0. The topological polar surface area (TPSA) is 64.6 Å². The van der Waals surface area contributed by atoms with Crippen molar-refractivity contribution in [2.45, 2.75) is 32.4 Å². The summed E-state index contributed by atoms with van der Waals surface area (Å²) in [6.07, 6.45) is 4.43. The SMILES string of the molecule is CC(C)N(C)c1ccc(NC(=O)N[C@@H]2C=C[C@H](CO)C2)cc1F. The number of aliphatic hydroxyl groups is 1. The van der Waals surface area contributed by atoms with Crippen molar-refractivity contribution in [1.82, 2.24) is 5.32 Å². The smallest absolute Gasteiger partial charge is 0.319 e. The van der Waals surface area contributed by atoms with E-state index in [2.05, 4.69) is 10.6 Å². The first-order chi connectivity index (χ1) is 10.9. The largest absolute Gasteiger partial charge is 0.396 e. The first-order valence-electron chi connectivity index (χ1n) is 7.79. The van der Waals surface area contributed by atoms with Gasteiger partial charge in [0.1, 0.15) is 5.82 Å². The maximum absolute atomic E-state index is 14.2. The fraction of sp³-hybridized carbons (Fsp3) is 0.471. The minimum atomic E-state index is -0.386. The first-order valence-corrected chi connectivity index (χ1v) is 7.79. The van der Waals surface area contributed by atoms with E-state index in [1.807, 2.05) is 37.9 Å². The average molecular weight is 321 g/mol. The van der Waals surface area contributed by atoms with Gasteiger partial charge in [0, 0.05) is 37.3 Å². The number of anilines is 2. The lowest BCUT2D eigenvalue weighted by Crippen LogP contribution is -2.36. The number of benzene rings is 1. The van der Waals surface area contributed by atoms with E-state index in [1.54, 1.807) is 12.1 Å². The Labute approximate surface area is 136 Å². The molecular formula is C17H24FN3O2. The van der Waals surface area contributed by atoms with Gasteiger partial charge in [-0.05, 0) is 38.5 Å². The van der Waals surface area contributed by atoms with Gasteiger partial charge >= 0.3 is 6.03 Å². The van der Waals surface area contributed by atoms with E-state index in [-0.39, 0.29) is 36.5 Å². The summed E-state index contributed by atoms with van der Waals surface area (Å²) in [7, 11) is 1.83. The Bertz CT molecular complexity index is 589. The number of nitrogens with zero attached hydrogens (tertiary/aromatic N) is 1. The number of nitrogens with one attached hydrogen (secondary N) is 2. The molecule has 0 radical (unpaired) electrons. The lowest BCUT2D eigenvalue weighted by Gasteiger charge is -2.24. The molecule has 23 heavy (non-hydrogen) atoms. The number of hydrogen-bond donors (Lipinski definition) is 3. The van der Waals surface area contributed by atoms with Crippen molar-refractivity contribution in [2.24, 2.45) is 5.92 Å². The number of hydrogen-bond acceptors (Lipinski definition) is 3. The van der Waals surface area contributed by atoms with Crippen LogP contribution in [0.1, 0.15) is 20.3 Å². The zero-order valence-electron chi connectivity index (χ0n) is 13.7. The zero-order valence-corrected chi connectivity index (χ0v) is 13.7. The maximum Gasteiger partial charge on any atom is 0.319 e. The first kappa shape index (κ1) is 17.3. The molecule has 2 atom stereocenters. The number of carbonyl (C=O) groups excluding carboxylic acids is 1. The Morgan fingerprint density at radius 2 is 2.17 bits per heavy atom. The second kappa shape index (κ2) is 7.46. The van der Waals surface area contributed by atoms with Gasteiger partial charge in [0.05, 0.1) is 5.69 Å². The third-order valence-corrected chi connectivity index (χ3v) is 4.08. The summed E-state index contributed by atoms with van der Waals surface area (Å²) in [5.41, 5.74) is 0.900. The summed E-state index contributed by atoms with van der Waals surface area (Å²) in [6.45, 7) is 4.04. The second-order valence-electron chi connectivity index (χ2n) is 6.14. The van der Waals surface area contributed by atoms with Gasteiger partial charge in [-0.25, -0.2) is 9.18 Å². The Kier molecular flexibility index (Phi) is 5.60. The molecule has 0 saturated carbocycles. The highest BCUT2D eigenvalue weighted by molar-refractivity contribution is 5.89. The number of aliphatic hydroxyl groups excluding tert-OH is 1. The molecule has 1 aliphatic rings. The van der Waals surface area contributed by atoms with Gasteiger partial charge in [0.2, 0.25) is 0 Å². The standard InChI is InChI=1S/C17H24FN3O2/c1-11(2)21(3)16-7-6-14(9-15(16)18)20-17(23)19-13-5-4-12(8-13)10-22/h4-7,9,11-13,22H,8,10H2,1-3H3,(H2,19,20,23)/t12-,13+/m0/s1. The summed E-state index contributed by atoms with van der Waals surface area (Å²) in [6, 6.07) is 4.33. The fourth-order valence-electron chi connectivity index (χ4n) is 2.50. The van der Waals surface area contributed by atoms with Crippen molar-refractivity contribution < 1.29 is 14.3 Å². The molecule has 0 saturated heterocycles. The van der Waals surface area contributed by atoms with Gasteiger partial charge in [-0.15, -0.1) is 0 Å². The predicted molar refractivity (Wildman–Crippen MR) is 90.2 cm³/mol. The van der Waals surface area contributed by atoms with Crippen LogP contribution < -0.4 is 15.5 Å². The van der Waals surface area contributed by atoms with Gasteiger partial charge in [-0.2, -0.15) is 0 Å². The van der Waals surface area contributed by atoms with E-state index >= 15 is 0 Å². The third-order valence-electron chi connectivity index (χ3n) is 4.08. The molecule has 1 aliphatic carbocycles. The molecule has 2 amide bonds. The van der Waals surface area contributed by atoms with E-state index in [4.69, 9.17) is 5.11 Å². The molecule has 0 aromatic heterocycles. The van der Waals surface area contributed by atoms with Crippen LogP contribution in [0.15, 0.2) is 30.4 Å². The van der Waals surface area contributed by atoms with Crippen LogP contribution in [0, 0.1) is 11.7 Å². The van der Waals surface area contributed by atoms with Crippen molar-refractivity contribution in [3.8, 4) is 0 Å². The molecule has 0 fully saturated rings. The van der Waals surface area contributed by atoms with Crippen molar-refractivity contribution in [1.29, 1.82) is 0 Å². The summed E-state index contributed by atoms with van der Waals surface area (Å²) in [5.74, 6) is -0.288. The summed E-state index contributed by atoms with van der Waals surface area (Å²) in [4.78, 5) is 13.8. The molecule has 0 bridgehead atoms. The predicted octanol–water partition coefficient (Wildman–Crippen LogP) is 2.73. The van der Waals surface area contributed by atoms with Crippen LogP contribution in [0.4, 0.5) is 20.6 Å². The molecule has 126 valence electrons. The molecule has 5 nitrogen and oxygen atoms in total. The highest BCUT2D eigenvalue weighted by Crippen LogP contribution is 2.23. The number of carbonyl (C=O) groups is 1. The lowest BCUT2D eigenvalue weighted by molar-refractivity contribution is 0.238. The average Bonchev–Trinajstić information content (AvgIpc) is 2.94. The van der Waals surface area contributed by atoms with E-state index in [1.165, 1.54) is 6.07 Å². The summed E-state index contributed by atoms with van der Waals surface area (Å²) in [5, 5.41) is 14.5. The van der Waals surface area contributed by atoms with E-state index in [9.17, 15) is 9.18 Å². The van der Waals surface area contributed by atoms with Gasteiger partial charge in [-0.1, -0.05) is 12.2 Å². The van der Waals surface area contributed by atoms with Gasteiger partial charge in [0.15, 0.2) is 0 Å². The Morgan fingerprint density at radius 1 is 1.43 bits per heavy atom. The zero-order chi connectivity index (χ0) is 17.0. The van der Waals surface area contributed by atoms with Gasteiger partial charge in [0.25, 0.3) is 0 Å². The quantitative estimate of drug-likeness (QED) is 0.731. The maximum atomic E-state index is 14.2.